The molecule has 0 saturated carbocycles. The molecule has 0 spiro atoms. The molecular formula is C13H16O3S. The third-order valence-corrected chi connectivity index (χ3v) is 6.26. The van der Waals surface area contributed by atoms with Gasteiger partial charge < -0.3 is 4.74 Å². The van der Waals surface area contributed by atoms with Crippen molar-refractivity contribution in [2.75, 3.05) is 0 Å². The second kappa shape index (κ2) is 2.53. The number of sulfone groups is 1. The molecule has 0 aromatic heterocycles. The largest absolute Gasteiger partial charge is 0.482 e. The average molecular weight is 252 g/mol. The van der Waals surface area contributed by atoms with E-state index in [1.807, 2.05) is 34.6 Å². The Balaban J connectivity index is 2.40. The summed E-state index contributed by atoms with van der Waals surface area (Å²) in [6.45, 7) is 9.90. The van der Waals surface area contributed by atoms with Crippen LogP contribution >= 0.6 is 0 Å². The minimum atomic E-state index is -3.22. The van der Waals surface area contributed by atoms with E-state index in [-0.39, 0.29) is 0 Å². The molecule has 0 N–H and O–H groups in total. The normalized spacial score (nSPS) is 30.5. The number of allylic oxidation sites excluding steroid dienone is 3. The smallest absolute Gasteiger partial charge is 0.207 e. The molecule has 0 radical (unpaired) electrons. The Morgan fingerprint density at radius 3 is 2.29 bits per heavy atom. The number of ether oxygens (including phenoxy) is 1. The minimum absolute atomic E-state index is 0.367. The fourth-order valence-corrected chi connectivity index (χ4v) is 4.70. The van der Waals surface area contributed by atoms with Crippen LogP contribution in [0.25, 0.3) is 0 Å². The van der Waals surface area contributed by atoms with Gasteiger partial charge in [-0.2, -0.15) is 0 Å². The first-order valence-electron chi connectivity index (χ1n) is 5.73. The van der Waals surface area contributed by atoms with Gasteiger partial charge in [0.1, 0.15) is 16.3 Å². The van der Waals surface area contributed by atoms with Crippen LogP contribution in [0.3, 0.4) is 0 Å². The molecule has 0 amide bonds. The van der Waals surface area contributed by atoms with Crippen LogP contribution in [-0.2, 0) is 14.6 Å². The molecule has 0 fully saturated rings. The first-order chi connectivity index (χ1) is 7.60. The molecule has 4 heteroatoms. The van der Waals surface area contributed by atoms with E-state index in [1.54, 1.807) is 6.08 Å². The van der Waals surface area contributed by atoms with E-state index in [9.17, 15) is 8.42 Å². The second-order valence-electron chi connectivity index (χ2n) is 5.94. The fraction of sp³-hybridized carbons (Fsp3) is 0.538. The Morgan fingerprint density at radius 1 is 1.18 bits per heavy atom. The topological polar surface area (TPSA) is 43.4 Å². The maximum absolute atomic E-state index is 12.1. The maximum Gasteiger partial charge on any atom is 0.207 e. The lowest BCUT2D eigenvalue weighted by Gasteiger charge is -2.40. The first-order valence-corrected chi connectivity index (χ1v) is 7.21. The summed E-state index contributed by atoms with van der Waals surface area (Å²) in [5.41, 5.74) is 1.32. The van der Waals surface area contributed by atoms with Crippen LogP contribution < -0.4 is 0 Å². The van der Waals surface area contributed by atoms with E-state index in [0.29, 0.717) is 15.6 Å². The van der Waals surface area contributed by atoms with Crippen molar-refractivity contribution < 1.29 is 13.2 Å². The van der Waals surface area contributed by atoms with Crippen molar-refractivity contribution >= 4 is 9.84 Å². The van der Waals surface area contributed by atoms with Gasteiger partial charge in [0.25, 0.3) is 0 Å². The van der Waals surface area contributed by atoms with Crippen LogP contribution in [-0.4, -0.2) is 14.0 Å². The van der Waals surface area contributed by atoms with E-state index in [2.05, 4.69) is 0 Å². The molecule has 0 aromatic carbocycles. The van der Waals surface area contributed by atoms with Gasteiger partial charge in [-0.15, -0.1) is 0 Å². The summed E-state index contributed by atoms with van der Waals surface area (Å²) < 4.78 is 30.0. The van der Waals surface area contributed by atoms with Crippen molar-refractivity contribution in [2.24, 2.45) is 5.41 Å². The molecule has 3 aliphatic heterocycles. The molecule has 1 aliphatic carbocycles. The molecule has 3 nitrogen and oxygen atoms in total. The zero-order chi connectivity index (χ0) is 12.8. The highest BCUT2D eigenvalue weighted by atomic mass is 32.2. The van der Waals surface area contributed by atoms with Gasteiger partial charge in [-0.25, -0.2) is 8.42 Å². The molecule has 3 heterocycles. The van der Waals surface area contributed by atoms with E-state index in [1.165, 1.54) is 0 Å². The summed E-state index contributed by atoms with van der Waals surface area (Å²) in [5, 5.41) is 0. The van der Waals surface area contributed by atoms with Crippen LogP contribution in [0.4, 0.5) is 0 Å². The predicted molar refractivity (Wildman–Crippen MR) is 65.7 cm³/mol. The highest BCUT2D eigenvalue weighted by Gasteiger charge is 2.57. The monoisotopic (exact) mass is 252 g/mol. The summed E-state index contributed by atoms with van der Waals surface area (Å²) in [4.78, 5) is 0.895. The van der Waals surface area contributed by atoms with Gasteiger partial charge in [0.15, 0.2) is 0 Å². The van der Waals surface area contributed by atoms with Crippen molar-refractivity contribution in [2.45, 2.75) is 40.2 Å². The summed E-state index contributed by atoms with van der Waals surface area (Å²) >= 11 is 0. The third-order valence-electron chi connectivity index (χ3n) is 4.17. The molecule has 0 unspecified atom stereocenters. The summed E-state index contributed by atoms with van der Waals surface area (Å²) in [5.74, 6) is 0.576. The lowest BCUT2D eigenvalue weighted by atomic mass is 9.76. The Kier molecular flexibility index (Phi) is 1.65. The fourth-order valence-electron chi connectivity index (χ4n) is 2.94. The summed E-state index contributed by atoms with van der Waals surface area (Å²) in [6, 6.07) is 0. The molecular weight excluding hydrogens is 236 g/mol. The molecule has 0 atom stereocenters. The SMILES string of the molecule is CC1=C2C(=C3C=C(C2(C)C)S3(=O)=O)OC1(C)C. The van der Waals surface area contributed by atoms with Gasteiger partial charge in [0.05, 0.1) is 4.91 Å². The van der Waals surface area contributed by atoms with Gasteiger partial charge in [0.2, 0.25) is 9.84 Å². The predicted octanol–water partition coefficient (Wildman–Crippen LogP) is 2.68. The number of rotatable bonds is 0. The Hall–Kier alpha value is -1.03. The van der Waals surface area contributed by atoms with E-state index < -0.39 is 20.9 Å². The number of hydrogen-bond acceptors (Lipinski definition) is 3. The maximum atomic E-state index is 12.1. The minimum Gasteiger partial charge on any atom is -0.482 e. The van der Waals surface area contributed by atoms with Crippen LogP contribution in [0.5, 0.6) is 0 Å². The lowest BCUT2D eigenvalue weighted by Crippen LogP contribution is -2.36. The molecule has 4 rings (SSSR count). The zero-order valence-electron chi connectivity index (χ0n) is 10.7. The quantitative estimate of drug-likeness (QED) is 0.665. The standard InChI is InChI=1S/C13H16O3S/c1-7-10-11(16-13(7,4)5)8-6-9(12(10,2)3)17(8,14)15/h6H,1-5H3. The lowest BCUT2D eigenvalue weighted by molar-refractivity contribution is 0.0910. The van der Waals surface area contributed by atoms with Crippen LogP contribution in [0, 0.1) is 5.41 Å². The van der Waals surface area contributed by atoms with Crippen LogP contribution in [0.1, 0.15) is 34.6 Å². The summed E-state index contributed by atoms with van der Waals surface area (Å²) in [6.07, 6.45) is 1.75. The molecule has 2 bridgehead atoms. The average Bonchev–Trinajstić information content (AvgIpc) is 2.36. The highest BCUT2D eigenvalue weighted by Crippen LogP contribution is 2.60. The first kappa shape index (κ1) is 11.1. The molecule has 0 saturated heterocycles. The molecule has 4 aliphatic rings. The van der Waals surface area contributed by atoms with Crippen LogP contribution in [0.15, 0.2) is 32.8 Å². The Bertz CT molecular complexity index is 640. The van der Waals surface area contributed by atoms with Crippen molar-refractivity contribution in [3.05, 3.63) is 32.8 Å². The van der Waals surface area contributed by atoms with Crippen molar-refractivity contribution in [1.29, 1.82) is 0 Å². The van der Waals surface area contributed by atoms with Gasteiger partial charge in [-0.1, -0.05) is 13.8 Å². The van der Waals surface area contributed by atoms with Crippen molar-refractivity contribution in [1.82, 2.24) is 0 Å². The zero-order valence-corrected chi connectivity index (χ0v) is 11.5. The molecule has 92 valence electrons. The van der Waals surface area contributed by atoms with Crippen molar-refractivity contribution in [3.8, 4) is 0 Å². The van der Waals surface area contributed by atoms with E-state index in [0.717, 1.165) is 11.1 Å². The molecule has 17 heavy (non-hydrogen) atoms. The van der Waals surface area contributed by atoms with Crippen molar-refractivity contribution in [3.63, 3.8) is 0 Å². The van der Waals surface area contributed by atoms with Crippen LogP contribution in [0.2, 0.25) is 0 Å². The highest BCUT2D eigenvalue weighted by molar-refractivity contribution is 8.00. The Morgan fingerprint density at radius 2 is 1.76 bits per heavy atom. The van der Waals surface area contributed by atoms with Gasteiger partial charge in [-0.3, -0.25) is 0 Å². The van der Waals surface area contributed by atoms with Gasteiger partial charge in [-0.05, 0) is 32.4 Å². The van der Waals surface area contributed by atoms with Gasteiger partial charge >= 0.3 is 0 Å². The number of hydrogen-bond donors (Lipinski definition) is 0. The summed E-state index contributed by atoms with van der Waals surface area (Å²) in [7, 11) is -3.22. The second-order valence-corrected chi connectivity index (χ2v) is 7.83. The molecule has 0 aromatic rings. The van der Waals surface area contributed by atoms with E-state index in [4.69, 9.17) is 4.74 Å². The Labute approximate surface area is 102 Å². The third kappa shape index (κ3) is 1.01. The van der Waals surface area contributed by atoms with E-state index >= 15 is 0 Å². The van der Waals surface area contributed by atoms with Gasteiger partial charge in [0, 0.05) is 11.0 Å².